The van der Waals surface area contributed by atoms with Crippen molar-refractivity contribution in [1.82, 2.24) is 0 Å². The molecule has 6 rings (SSSR count). The van der Waals surface area contributed by atoms with Gasteiger partial charge >= 0.3 is 0 Å². The Hall–Kier alpha value is -2.00. The molecule has 4 aliphatic carbocycles. The highest BCUT2D eigenvalue weighted by molar-refractivity contribution is 5.38. The second-order valence-electron chi connectivity index (χ2n) is 12.5. The third-order valence-electron chi connectivity index (χ3n) is 10.6. The first-order chi connectivity index (χ1) is 17.0. The van der Waals surface area contributed by atoms with E-state index < -0.39 is 0 Å². The second kappa shape index (κ2) is 9.47. The summed E-state index contributed by atoms with van der Waals surface area (Å²) in [5.74, 6) is 7.34. The maximum absolute atomic E-state index is 9.86. The molecule has 8 atom stereocenters. The first-order valence-electron chi connectivity index (χ1n) is 14.1. The lowest BCUT2D eigenvalue weighted by atomic mass is 9.77. The van der Waals surface area contributed by atoms with Crippen LogP contribution in [0, 0.1) is 49.4 Å². The van der Waals surface area contributed by atoms with Crippen LogP contribution < -0.4 is 0 Å². The molecule has 0 amide bonds. The van der Waals surface area contributed by atoms with Crippen LogP contribution in [0.2, 0.25) is 0 Å². The predicted molar refractivity (Wildman–Crippen MR) is 140 cm³/mol. The average Bonchev–Trinajstić information content (AvgIpc) is 3.63. The summed E-state index contributed by atoms with van der Waals surface area (Å²) in [6.45, 7) is 5.90. The number of hydrogen-bond acceptors (Lipinski definition) is 3. The van der Waals surface area contributed by atoms with Crippen molar-refractivity contribution in [3.63, 3.8) is 0 Å². The van der Waals surface area contributed by atoms with Crippen LogP contribution in [-0.4, -0.2) is 23.4 Å². The van der Waals surface area contributed by atoms with Crippen LogP contribution in [0.1, 0.15) is 85.5 Å². The fourth-order valence-corrected chi connectivity index (χ4v) is 8.70. The molecule has 8 unspecified atom stereocenters. The number of rotatable bonds is 8. The fourth-order valence-electron chi connectivity index (χ4n) is 8.70. The monoisotopic (exact) mass is 474 g/mol. The number of phenolic OH excluding ortho intramolecular Hbond substituents is 2. The molecule has 4 bridgehead atoms. The molecule has 4 aliphatic rings. The van der Waals surface area contributed by atoms with Crippen LogP contribution in [0.4, 0.5) is 0 Å². The number of benzene rings is 2. The van der Waals surface area contributed by atoms with Gasteiger partial charge in [-0.3, -0.25) is 0 Å². The lowest BCUT2D eigenvalue weighted by molar-refractivity contribution is 0.0906. The molecule has 4 saturated carbocycles. The zero-order chi connectivity index (χ0) is 24.1. The van der Waals surface area contributed by atoms with Gasteiger partial charge in [-0.15, -0.1) is 0 Å². The number of aryl methyl sites for hydroxylation is 2. The number of fused-ring (bicyclic) bond motifs is 4. The summed E-state index contributed by atoms with van der Waals surface area (Å²) < 4.78 is 6.20. The van der Waals surface area contributed by atoms with E-state index >= 15 is 0 Å². The first-order valence-corrected chi connectivity index (χ1v) is 14.1. The van der Waals surface area contributed by atoms with Gasteiger partial charge in [0.1, 0.15) is 11.5 Å². The zero-order valence-corrected chi connectivity index (χ0v) is 21.5. The number of aromatic hydroxyl groups is 2. The molecule has 35 heavy (non-hydrogen) atoms. The van der Waals surface area contributed by atoms with E-state index in [-0.39, 0.29) is 0 Å². The van der Waals surface area contributed by atoms with Crippen LogP contribution >= 0.6 is 0 Å². The minimum atomic E-state index is 0.421. The topological polar surface area (TPSA) is 49.7 Å². The van der Waals surface area contributed by atoms with Crippen molar-refractivity contribution in [1.29, 1.82) is 0 Å². The van der Waals surface area contributed by atoms with E-state index in [9.17, 15) is 10.2 Å². The van der Waals surface area contributed by atoms with Crippen molar-refractivity contribution >= 4 is 0 Å². The van der Waals surface area contributed by atoms with Gasteiger partial charge in [0.15, 0.2) is 0 Å². The Balaban J connectivity index is 0.907. The van der Waals surface area contributed by atoms with E-state index in [1.165, 1.54) is 62.5 Å². The van der Waals surface area contributed by atoms with E-state index in [0.29, 0.717) is 23.3 Å². The quantitative estimate of drug-likeness (QED) is 0.390. The maximum Gasteiger partial charge on any atom is 0.118 e. The lowest BCUT2D eigenvalue weighted by Crippen LogP contribution is -2.20. The number of hydrogen-bond donors (Lipinski definition) is 2. The SMILES string of the molecule is Cc1cc(C2CC3CC2CC3CCOCCC2CC3CC2CC3c2ccc(O)c(C)c2)ccc1O. The van der Waals surface area contributed by atoms with Gasteiger partial charge in [-0.25, -0.2) is 0 Å². The fraction of sp³-hybridized carbons (Fsp3) is 0.625. The minimum Gasteiger partial charge on any atom is -0.508 e. The molecule has 0 radical (unpaired) electrons. The van der Waals surface area contributed by atoms with Gasteiger partial charge in [0.05, 0.1) is 0 Å². The van der Waals surface area contributed by atoms with Crippen LogP contribution in [-0.2, 0) is 4.74 Å². The molecular formula is C32H42O3. The molecule has 0 spiro atoms. The molecule has 2 aromatic rings. The maximum atomic E-state index is 9.86. The van der Waals surface area contributed by atoms with Crippen molar-refractivity contribution < 1.29 is 14.9 Å². The Morgan fingerprint density at radius 3 is 1.46 bits per heavy atom. The summed E-state index contributed by atoms with van der Waals surface area (Å²) in [6, 6.07) is 12.5. The normalized spacial score (nSPS) is 35.3. The highest BCUT2D eigenvalue weighted by Gasteiger charge is 2.47. The van der Waals surface area contributed by atoms with E-state index in [1.54, 1.807) is 0 Å². The molecular weight excluding hydrogens is 432 g/mol. The number of ether oxygens (including phenoxy) is 1. The molecule has 188 valence electrons. The lowest BCUT2D eigenvalue weighted by Gasteiger charge is -2.29. The Morgan fingerprint density at radius 1 is 0.629 bits per heavy atom. The largest absolute Gasteiger partial charge is 0.508 e. The summed E-state index contributed by atoms with van der Waals surface area (Å²) in [5.41, 5.74) is 4.90. The average molecular weight is 475 g/mol. The van der Waals surface area contributed by atoms with Crippen LogP contribution in [0.25, 0.3) is 0 Å². The Labute approximate surface area is 210 Å². The molecule has 0 aliphatic heterocycles. The van der Waals surface area contributed by atoms with Crippen molar-refractivity contribution in [3.8, 4) is 11.5 Å². The van der Waals surface area contributed by atoms with Gasteiger partial charge in [-0.1, -0.05) is 24.3 Å². The summed E-state index contributed by atoms with van der Waals surface area (Å²) in [5, 5.41) is 19.7. The van der Waals surface area contributed by atoms with Crippen LogP contribution in [0.3, 0.4) is 0 Å². The summed E-state index contributed by atoms with van der Waals surface area (Å²) >= 11 is 0. The van der Waals surface area contributed by atoms with Crippen molar-refractivity contribution in [2.24, 2.45) is 35.5 Å². The molecule has 2 aromatic carbocycles. The summed E-state index contributed by atoms with van der Waals surface area (Å²) in [7, 11) is 0. The number of phenols is 2. The Kier molecular flexibility index (Phi) is 6.33. The standard InChI is InChI=1S/C32H42O3/c1-19-11-23(3-5-31(19)33)29-17-25-15-27(29)13-21(25)7-9-35-10-8-22-14-28-16-26(22)18-30(28)24-4-6-32(34)20(2)12-24/h3-6,11-12,21-22,25-30,33-34H,7-10,13-18H2,1-2H3. The third-order valence-corrected chi connectivity index (χ3v) is 10.6. The van der Waals surface area contributed by atoms with E-state index in [2.05, 4.69) is 24.3 Å². The van der Waals surface area contributed by atoms with Crippen LogP contribution in [0.15, 0.2) is 36.4 Å². The van der Waals surface area contributed by atoms with Gasteiger partial charge in [0, 0.05) is 13.2 Å². The van der Waals surface area contributed by atoms with Gasteiger partial charge in [-0.05, 0) is 147 Å². The summed E-state index contributed by atoms with van der Waals surface area (Å²) in [4.78, 5) is 0. The van der Waals surface area contributed by atoms with Gasteiger partial charge in [0.2, 0.25) is 0 Å². The van der Waals surface area contributed by atoms with Crippen molar-refractivity contribution in [2.75, 3.05) is 13.2 Å². The first kappa shape index (κ1) is 23.4. The smallest absolute Gasteiger partial charge is 0.118 e. The second-order valence-corrected chi connectivity index (χ2v) is 12.5. The molecule has 3 nitrogen and oxygen atoms in total. The Morgan fingerprint density at radius 2 is 1.09 bits per heavy atom. The minimum absolute atomic E-state index is 0.421. The zero-order valence-electron chi connectivity index (χ0n) is 21.5. The van der Waals surface area contributed by atoms with Crippen molar-refractivity contribution in [3.05, 3.63) is 58.7 Å². The van der Waals surface area contributed by atoms with E-state index in [4.69, 9.17) is 4.74 Å². The molecule has 0 heterocycles. The molecule has 4 fully saturated rings. The Bertz CT molecular complexity index is 977. The van der Waals surface area contributed by atoms with Crippen LogP contribution in [0.5, 0.6) is 11.5 Å². The summed E-state index contributed by atoms with van der Waals surface area (Å²) in [6.07, 6.45) is 10.6. The van der Waals surface area contributed by atoms with E-state index in [0.717, 1.165) is 59.8 Å². The van der Waals surface area contributed by atoms with E-state index in [1.807, 2.05) is 26.0 Å². The van der Waals surface area contributed by atoms with Gasteiger partial charge < -0.3 is 14.9 Å². The van der Waals surface area contributed by atoms with Gasteiger partial charge in [-0.2, -0.15) is 0 Å². The highest BCUT2D eigenvalue weighted by Crippen LogP contribution is 2.58. The molecule has 3 heteroatoms. The van der Waals surface area contributed by atoms with Crippen molar-refractivity contribution in [2.45, 2.75) is 77.0 Å². The molecule has 0 aromatic heterocycles. The predicted octanol–water partition coefficient (Wildman–Crippen LogP) is 7.47. The molecule has 0 saturated heterocycles. The van der Waals surface area contributed by atoms with Gasteiger partial charge in [0.25, 0.3) is 0 Å². The highest BCUT2D eigenvalue weighted by atomic mass is 16.5. The molecule has 2 N–H and O–H groups in total. The third kappa shape index (κ3) is 4.50.